The topological polar surface area (TPSA) is 85.2 Å². The molecule has 4 heteroatoms. The predicted octanol–water partition coefficient (Wildman–Crippen LogP) is 0.529. The summed E-state index contributed by atoms with van der Waals surface area (Å²) in [6.07, 6.45) is 2.11. The molecule has 0 saturated carbocycles. The summed E-state index contributed by atoms with van der Waals surface area (Å²) in [6.45, 7) is 4.03. The summed E-state index contributed by atoms with van der Waals surface area (Å²) >= 11 is 0. The first-order chi connectivity index (χ1) is 6.49. The van der Waals surface area contributed by atoms with E-state index in [9.17, 15) is 5.11 Å². The maximum Gasteiger partial charge on any atom is 0.129 e. The molecular weight excluding hydrogens is 178 g/mol. The first kappa shape index (κ1) is 10.9. The molecule has 0 amide bonds. The van der Waals surface area contributed by atoms with Crippen LogP contribution in [0.15, 0.2) is 12.3 Å². The minimum absolute atomic E-state index is 0.378. The molecule has 1 unspecified atom stereocenters. The van der Waals surface area contributed by atoms with Crippen LogP contribution >= 0.6 is 0 Å². The van der Waals surface area contributed by atoms with Gasteiger partial charge in [-0.1, -0.05) is 0 Å². The summed E-state index contributed by atoms with van der Waals surface area (Å²) in [7, 11) is 0. The van der Waals surface area contributed by atoms with Crippen LogP contribution < -0.4 is 11.5 Å². The van der Waals surface area contributed by atoms with E-state index in [1.165, 1.54) is 0 Å². The lowest BCUT2D eigenvalue weighted by molar-refractivity contribution is 0.0503. The molecule has 0 aliphatic carbocycles. The minimum atomic E-state index is -0.989. The Bertz CT molecular complexity index is 303. The summed E-state index contributed by atoms with van der Waals surface area (Å²) in [4.78, 5) is 3.97. The maximum absolute atomic E-state index is 10.1. The van der Waals surface area contributed by atoms with Gasteiger partial charge in [0.15, 0.2) is 0 Å². The average molecular weight is 195 g/mol. The number of aryl methyl sites for hydroxylation is 1. The second-order valence-corrected chi connectivity index (χ2v) is 3.70. The molecule has 0 radical (unpaired) electrons. The van der Waals surface area contributed by atoms with Crippen LogP contribution in [0.3, 0.4) is 0 Å². The van der Waals surface area contributed by atoms with Crippen molar-refractivity contribution in [2.75, 3.05) is 12.3 Å². The van der Waals surface area contributed by atoms with Gasteiger partial charge in [0.1, 0.15) is 5.82 Å². The number of aromatic nitrogens is 1. The Hall–Kier alpha value is -1.13. The first-order valence-corrected chi connectivity index (χ1v) is 4.63. The fourth-order valence-electron chi connectivity index (χ4n) is 1.69. The van der Waals surface area contributed by atoms with Crippen LogP contribution in [0.5, 0.6) is 0 Å². The van der Waals surface area contributed by atoms with Gasteiger partial charge in [-0.15, -0.1) is 0 Å². The Morgan fingerprint density at radius 3 is 2.71 bits per heavy atom. The summed E-state index contributed by atoms with van der Waals surface area (Å²) in [5, 5.41) is 10.1. The Balaban J connectivity index is 3.17. The fourth-order valence-corrected chi connectivity index (χ4v) is 1.69. The standard InChI is InChI=1S/C10H17N3O/c1-7-3-6-13-9(12)8(7)10(2,14)4-5-11/h3,6,14H,4-5,11H2,1-2H3,(H2,12,13). The van der Waals surface area contributed by atoms with Crippen molar-refractivity contribution in [3.05, 3.63) is 23.4 Å². The van der Waals surface area contributed by atoms with Gasteiger partial charge in [0, 0.05) is 11.8 Å². The molecule has 1 heterocycles. The Labute approximate surface area is 83.9 Å². The molecule has 1 atom stereocenters. The van der Waals surface area contributed by atoms with Crippen molar-refractivity contribution in [2.24, 2.45) is 5.73 Å². The van der Waals surface area contributed by atoms with E-state index < -0.39 is 5.60 Å². The van der Waals surface area contributed by atoms with E-state index in [2.05, 4.69) is 4.98 Å². The number of aliphatic hydroxyl groups is 1. The normalized spacial score (nSPS) is 15.1. The van der Waals surface area contributed by atoms with E-state index in [0.717, 1.165) is 5.56 Å². The zero-order chi connectivity index (χ0) is 10.8. The number of nitrogens with zero attached hydrogens (tertiary/aromatic N) is 1. The highest BCUT2D eigenvalue weighted by molar-refractivity contribution is 5.47. The van der Waals surface area contributed by atoms with Gasteiger partial charge < -0.3 is 16.6 Å². The van der Waals surface area contributed by atoms with Crippen LogP contribution in [0.1, 0.15) is 24.5 Å². The van der Waals surface area contributed by atoms with Crippen molar-refractivity contribution in [2.45, 2.75) is 25.9 Å². The molecular formula is C10H17N3O. The molecule has 1 aromatic rings. The highest BCUT2D eigenvalue weighted by atomic mass is 16.3. The van der Waals surface area contributed by atoms with Crippen molar-refractivity contribution >= 4 is 5.82 Å². The molecule has 0 aliphatic heterocycles. The lowest BCUT2D eigenvalue weighted by Gasteiger charge is -2.25. The quantitative estimate of drug-likeness (QED) is 0.656. The van der Waals surface area contributed by atoms with Gasteiger partial charge in [-0.2, -0.15) is 0 Å². The summed E-state index contributed by atoms with van der Waals surface area (Å²) in [5.74, 6) is 0.378. The number of pyridine rings is 1. The lowest BCUT2D eigenvalue weighted by Crippen LogP contribution is -2.27. The smallest absolute Gasteiger partial charge is 0.129 e. The Morgan fingerprint density at radius 2 is 2.21 bits per heavy atom. The largest absolute Gasteiger partial charge is 0.385 e. The Morgan fingerprint density at radius 1 is 1.57 bits per heavy atom. The fraction of sp³-hybridized carbons (Fsp3) is 0.500. The number of hydrogen-bond acceptors (Lipinski definition) is 4. The molecule has 78 valence electrons. The SMILES string of the molecule is Cc1ccnc(N)c1C(C)(O)CCN. The van der Waals surface area contributed by atoms with Gasteiger partial charge in [-0.3, -0.25) is 0 Å². The van der Waals surface area contributed by atoms with Crippen LogP contribution in [-0.2, 0) is 5.60 Å². The van der Waals surface area contributed by atoms with E-state index >= 15 is 0 Å². The van der Waals surface area contributed by atoms with Crippen LogP contribution in [0.25, 0.3) is 0 Å². The molecule has 1 rings (SSSR count). The number of nitrogens with two attached hydrogens (primary N) is 2. The van der Waals surface area contributed by atoms with Gasteiger partial charge in [-0.25, -0.2) is 4.98 Å². The molecule has 0 bridgehead atoms. The third-order valence-electron chi connectivity index (χ3n) is 2.36. The molecule has 0 aliphatic rings. The number of nitrogen functional groups attached to an aromatic ring is 1. The Kier molecular flexibility index (Phi) is 3.08. The molecule has 4 nitrogen and oxygen atoms in total. The second-order valence-electron chi connectivity index (χ2n) is 3.70. The predicted molar refractivity (Wildman–Crippen MR) is 56.6 cm³/mol. The third-order valence-corrected chi connectivity index (χ3v) is 2.36. The van der Waals surface area contributed by atoms with E-state index in [0.29, 0.717) is 24.3 Å². The summed E-state index contributed by atoms with van der Waals surface area (Å²) < 4.78 is 0. The van der Waals surface area contributed by atoms with Crippen molar-refractivity contribution < 1.29 is 5.11 Å². The molecule has 0 aromatic carbocycles. The molecule has 1 aromatic heterocycles. The van der Waals surface area contributed by atoms with Gasteiger partial charge >= 0.3 is 0 Å². The molecule has 14 heavy (non-hydrogen) atoms. The van der Waals surface area contributed by atoms with Gasteiger partial charge in [-0.05, 0) is 38.4 Å². The molecule has 0 saturated heterocycles. The van der Waals surface area contributed by atoms with Gasteiger partial charge in [0.2, 0.25) is 0 Å². The van der Waals surface area contributed by atoms with E-state index in [1.807, 2.05) is 13.0 Å². The molecule has 0 spiro atoms. The van der Waals surface area contributed by atoms with Crippen molar-refractivity contribution in [1.29, 1.82) is 0 Å². The van der Waals surface area contributed by atoms with Crippen LogP contribution in [0.4, 0.5) is 5.82 Å². The number of anilines is 1. The summed E-state index contributed by atoms with van der Waals surface area (Å²) in [6, 6.07) is 1.83. The summed E-state index contributed by atoms with van der Waals surface area (Å²) in [5.41, 5.74) is 11.8. The lowest BCUT2D eigenvalue weighted by atomic mass is 9.90. The zero-order valence-electron chi connectivity index (χ0n) is 8.62. The molecule has 0 fully saturated rings. The number of rotatable bonds is 3. The maximum atomic E-state index is 10.1. The van der Waals surface area contributed by atoms with E-state index in [1.54, 1.807) is 13.1 Å². The van der Waals surface area contributed by atoms with E-state index in [-0.39, 0.29) is 0 Å². The average Bonchev–Trinajstić information content (AvgIpc) is 2.02. The minimum Gasteiger partial charge on any atom is -0.385 e. The highest BCUT2D eigenvalue weighted by Crippen LogP contribution is 2.30. The van der Waals surface area contributed by atoms with Crippen LogP contribution in [0.2, 0.25) is 0 Å². The monoisotopic (exact) mass is 195 g/mol. The highest BCUT2D eigenvalue weighted by Gasteiger charge is 2.26. The number of hydrogen-bond donors (Lipinski definition) is 3. The first-order valence-electron chi connectivity index (χ1n) is 4.63. The zero-order valence-corrected chi connectivity index (χ0v) is 8.62. The van der Waals surface area contributed by atoms with E-state index in [4.69, 9.17) is 11.5 Å². The molecule has 5 N–H and O–H groups in total. The van der Waals surface area contributed by atoms with Crippen molar-refractivity contribution in [3.8, 4) is 0 Å². The third kappa shape index (κ3) is 2.02. The van der Waals surface area contributed by atoms with Crippen molar-refractivity contribution in [1.82, 2.24) is 4.98 Å². The van der Waals surface area contributed by atoms with Crippen LogP contribution in [0, 0.1) is 6.92 Å². The van der Waals surface area contributed by atoms with Crippen molar-refractivity contribution in [3.63, 3.8) is 0 Å². The van der Waals surface area contributed by atoms with Crippen LogP contribution in [-0.4, -0.2) is 16.6 Å². The second kappa shape index (κ2) is 3.94. The van der Waals surface area contributed by atoms with Gasteiger partial charge in [0.25, 0.3) is 0 Å². The van der Waals surface area contributed by atoms with Gasteiger partial charge in [0.05, 0.1) is 5.60 Å².